The fourth-order valence-corrected chi connectivity index (χ4v) is 2.18. The van der Waals surface area contributed by atoms with Crippen LogP contribution in [0.4, 0.5) is 0 Å². The summed E-state index contributed by atoms with van der Waals surface area (Å²) in [7, 11) is 0. The van der Waals surface area contributed by atoms with Gasteiger partial charge in [-0.25, -0.2) is 0 Å². The third-order valence-corrected chi connectivity index (χ3v) is 3.40. The van der Waals surface area contributed by atoms with Gasteiger partial charge in [0.15, 0.2) is 0 Å². The van der Waals surface area contributed by atoms with Crippen LogP contribution in [0, 0.1) is 0 Å². The van der Waals surface area contributed by atoms with Crippen molar-refractivity contribution < 1.29 is 9.90 Å². The Bertz CT molecular complexity index is 221. The van der Waals surface area contributed by atoms with Gasteiger partial charge in [0, 0.05) is 6.42 Å². The van der Waals surface area contributed by atoms with Crippen molar-refractivity contribution in [3.63, 3.8) is 0 Å². The predicted molar refractivity (Wildman–Crippen MR) is 82.5 cm³/mol. The number of carboxylic acids is 1. The maximum absolute atomic E-state index is 10.3. The van der Waals surface area contributed by atoms with E-state index in [1.807, 2.05) is 0 Å². The Morgan fingerprint density at radius 2 is 1.26 bits per heavy atom. The molecule has 0 rings (SSSR count). The minimum absolute atomic E-state index is 0.294. The van der Waals surface area contributed by atoms with Crippen molar-refractivity contribution in [3.8, 4) is 0 Å². The summed E-state index contributed by atoms with van der Waals surface area (Å²) in [6.07, 6.45) is 19.8. The molecule has 0 heterocycles. The molecule has 0 saturated heterocycles. The quantitative estimate of drug-likeness (QED) is 0.323. The molecule has 0 aliphatic carbocycles. The van der Waals surface area contributed by atoms with E-state index in [2.05, 4.69) is 19.1 Å². The number of carboxylic acid groups (broad SMARTS) is 1. The molecule has 0 bridgehead atoms. The first-order valence-electron chi connectivity index (χ1n) is 8.14. The standard InChI is InChI=1S/C17H32O2/c1-2-3-4-5-6-7-8-9-10-11-12-13-14-15-16-17(18)19/h12-13H,2-11,14-16H2,1H3,(H,18,19). The second-order valence-corrected chi connectivity index (χ2v) is 5.37. The monoisotopic (exact) mass is 268 g/mol. The van der Waals surface area contributed by atoms with Gasteiger partial charge in [0.25, 0.3) is 0 Å². The van der Waals surface area contributed by atoms with Crippen molar-refractivity contribution >= 4 is 5.97 Å². The summed E-state index contributed by atoms with van der Waals surface area (Å²) in [5.74, 6) is -0.688. The second kappa shape index (κ2) is 15.3. The van der Waals surface area contributed by atoms with Crippen LogP contribution in [0.25, 0.3) is 0 Å². The van der Waals surface area contributed by atoms with Gasteiger partial charge >= 0.3 is 5.97 Å². The highest BCUT2D eigenvalue weighted by Crippen LogP contribution is 2.10. The van der Waals surface area contributed by atoms with E-state index < -0.39 is 5.97 Å². The number of hydrogen-bond acceptors (Lipinski definition) is 1. The first-order valence-corrected chi connectivity index (χ1v) is 8.14. The van der Waals surface area contributed by atoms with E-state index in [1.54, 1.807) is 0 Å². The highest BCUT2D eigenvalue weighted by molar-refractivity contribution is 5.66. The molecular formula is C17H32O2. The van der Waals surface area contributed by atoms with Crippen LogP contribution in [0.2, 0.25) is 0 Å². The van der Waals surface area contributed by atoms with Crippen LogP contribution >= 0.6 is 0 Å². The van der Waals surface area contributed by atoms with Crippen molar-refractivity contribution in [1.82, 2.24) is 0 Å². The van der Waals surface area contributed by atoms with Crippen LogP contribution in [0.3, 0.4) is 0 Å². The van der Waals surface area contributed by atoms with E-state index in [0.29, 0.717) is 6.42 Å². The normalized spacial score (nSPS) is 11.2. The molecule has 0 radical (unpaired) electrons. The lowest BCUT2D eigenvalue weighted by atomic mass is 10.1. The molecule has 0 aromatic carbocycles. The molecule has 19 heavy (non-hydrogen) atoms. The predicted octanol–water partition coefficient (Wildman–Crippen LogP) is 5.72. The number of allylic oxidation sites excluding steroid dienone is 2. The topological polar surface area (TPSA) is 37.3 Å². The van der Waals surface area contributed by atoms with E-state index in [0.717, 1.165) is 19.3 Å². The van der Waals surface area contributed by atoms with E-state index >= 15 is 0 Å². The Kier molecular flexibility index (Phi) is 14.6. The first-order chi connectivity index (χ1) is 9.27. The third-order valence-electron chi connectivity index (χ3n) is 3.40. The molecule has 0 unspecified atom stereocenters. The maximum Gasteiger partial charge on any atom is 0.303 e. The highest BCUT2D eigenvalue weighted by Gasteiger charge is 1.93. The van der Waals surface area contributed by atoms with Crippen LogP contribution in [0.5, 0.6) is 0 Å². The lowest BCUT2D eigenvalue weighted by Crippen LogP contribution is -1.92. The molecule has 0 fully saturated rings. The van der Waals surface area contributed by atoms with Gasteiger partial charge in [-0.05, 0) is 25.7 Å². The second-order valence-electron chi connectivity index (χ2n) is 5.37. The Hall–Kier alpha value is -0.790. The van der Waals surface area contributed by atoms with Gasteiger partial charge in [0.05, 0.1) is 0 Å². The largest absolute Gasteiger partial charge is 0.481 e. The average molecular weight is 268 g/mol. The van der Waals surface area contributed by atoms with Crippen LogP contribution in [-0.4, -0.2) is 11.1 Å². The Labute approximate surface area is 119 Å². The molecule has 1 N–H and O–H groups in total. The highest BCUT2D eigenvalue weighted by atomic mass is 16.4. The number of unbranched alkanes of at least 4 members (excludes halogenated alkanes) is 10. The zero-order chi connectivity index (χ0) is 14.2. The van der Waals surface area contributed by atoms with Gasteiger partial charge in [-0.2, -0.15) is 0 Å². The third kappa shape index (κ3) is 17.2. The molecule has 0 atom stereocenters. The molecular weight excluding hydrogens is 236 g/mol. The van der Waals surface area contributed by atoms with Crippen molar-refractivity contribution in [2.45, 2.75) is 90.4 Å². The Balaban J connectivity index is 3.05. The zero-order valence-electron chi connectivity index (χ0n) is 12.7. The smallest absolute Gasteiger partial charge is 0.303 e. The maximum atomic E-state index is 10.3. The van der Waals surface area contributed by atoms with E-state index in [4.69, 9.17) is 5.11 Å². The van der Waals surface area contributed by atoms with Crippen LogP contribution in [-0.2, 0) is 4.79 Å². The molecule has 0 aromatic rings. The Morgan fingerprint density at radius 3 is 1.79 bits per heavy atom. The molecule has 0 aliphatic rings. The summed E-state index contributed by atoms with van der Waals surface area (Å²) in [5.41, 5.74) is 0. The van der Waals surface area contributed by atoms with Gasteiger partial charge in [0.1, 0.15) is 0 Å². The summed E-state index contributed by atoms with van der Waals surface area (Å²) in [4.78, 5) is 10.3. The number of rotatable bonds is 14. The van der Waals surface area contributed by atoms with E-state index in [-0.39, 0.29) is 0 Å². The number of hydrogen-bond donors (Lipinski definition) is 1. The summed E-state index contributed by atoms with van der Waals surface area (Å²) in [6.45, 7) is 2.26. The molecule has 0 saturated carbocycles. The number of carbonyl (C=O) groups is 1. The van der Waals surface area contributed by atoms with E-state index in [9.17, 15) is 4.79 Å². The zero-order valence-corrected chi connectivity index (χ0v) is 12.7. The average Bonchev–Trinajstić information content (AvgIpc) is 2.39. The van der Waals surface area contributed by atoms with Crippen molar-refractivity contribution in [3.05, 3.63) is 12.2 Å². The van der Waals surface area contributed by atoms with E-state index in [1.165, 1.54) is 57.8 Å². The molecule has 2 nitrogen and oxygen atoms in total. The molecule has 112 valence electrons. The summed E-state index contributed by atoms with van der Waals surface area (Å²) in [5, 5.41) is 8.48. The lowest BCUT2D eigenvalue weighted by molar-refractivity contribution is -0.137. The molecule has 0 spiro atoms. The summed E-state index contributed by atoms with van der Waals surface area (Å²) >= 11 is 0. The number of aliphatic carboxylic acids is 1. The van der Waals surface area contributed by atoms with Crippen LogP contribution < -0.4 is 0 Å². The van der Waals surface area contributed by atoms with Crippen LogP contribution in [0.1, 0.15) is 90.4 Å². The summed E-state index contributed by atoms with van der Waals surface area (Å²) < 4.78 is 0. The lowest BCUT2D eigenvalue weighted by Gasteiger charge is -2.00. The fraction of sp³-hybridized carbons (Fsp3) is 0.824. The van der Waals surface area contributed by atoms with Crippen molar-refractivity contribution in [1.29, 1.82) is 0 Å². The van der Waals surface area contributed by atoms with Gasteiger partial charge in [-0.15, -0.1) is 0 Å². The van der Waals surface area contributed by atoms with Gasteiger partial charge < -0.3 is 5.11 Å². The van der Waals surface area contributed by atoms with Gasteiger partial charge in [-0.3, -0.25) is 4.79 Å². The summed E-state index contributed by atoms with van der Waals surface area (Å²) in [6, 6.07) is 0. The fourth-order valence-electron chi connectivity index (χ4n) is 2.18. The van der Waals surface area contributed by atoms with Crippen molar-refractivity contribution in [2.24, 2.45) is 0 Å². The first kappa shape index (κ1) is 18.2. The minimum Gasteiger partial charge on any atom is -0.481 e. The molecule has 0 aromatic heterocycles. The minimum atomic E-state index is -0.688. The SMILES string of the molecule is CCCCCCCCCCCC=CCCCC(=O)O. The van der Waals surface area contributed by atoms with Crippen molar-refractivity contribution in [2.75, 3.05) is 0 Å². The Morgan fingerprint density at radius 1 is 0.789 bits per heavy atom. The molecule has 0 amide bonds. The van der Waals surface area contributed by atoms with Crippen LogP contribution in [0.15, 0.2) is 12.2 Å². The molecule has 2 heteroatoms. The molecule has 0 aliphatic heterocycles. The van der Waals surface area contributed by atoms with Gasteiger partial charge in [-0.1, -0.05) is 70.4 Å². The van der Waals surface area contributed by atoms with Gasteiger partial charge in [0.2, 0.25) is 0 Å².